The van der Waals surface area contributed by atoms with E-state index in [2.05, 4.69) is 34.0 Å². The van der Waals surface area contributed by atoms with E-state index in [4.69, 9.17) is 4.98 Å². The van der Waals surface area contributed by atoms with Crippen molar-refractivity contribution in [2.24, 2.45) is 14.1 Å². The molecule has 11 heteroatoms. The van der Waals surface area contributed by atoms with Crippen LogP contribution in [0, 0.1) is 6.92 Å². The molecule has 0 N–H and O–H groups in total. The maximum absolute atomic E-state index is 12.7. The zero-order valence-electron chi connectivity index (χ0n) is 18.6. The van der Waals surface area contributed by atoms with Crippen molar-refractivity contribution in [3.05, 3.63) is 36.2 Å². The fraction of sp³-hybridized carbons (Fsp3) is 0.429. The topological polar surface area (TPSA) is 99.6 Å². The summed E-state index contributed by atoms with van der Waals surface area (Å²) in [7, 11) is 3.79. The van der Waals surface area contributed by atoms with Gasteiger partial charge in [-0.1, -0.05) is 11.8 Å². The molecular formula is C21H25N9OS. The van der Waals surface area contributed by atoms with Gasteiger partial charge in [-0.25, -0.2) is 15.0 Å². The van der Waals surface area contributed by atoms with E-state index in [0.29, 0.717) is 18.8 Å². The molecule has 0 aliphatic carbocycles. The number of imidazole rings is 1. The molecule has 0 unspecified atom stereocenters. The number of likely N-dealkylation sites (tertiary alicyclic amines) is 1. The van der Waals surface area contributed by atoms with Crippen LogP contribution in [-0.2, 0) is 20.6 Å². The number of rotatable bonds is 5. The number of aryl methyl sites for hydroxylation is 3. The van der Waals surface area contributed by atoms with Crippen molar-refractivity contribution in [1.29, 1.82) is 0 Å². The highest BCUT2D eigenvalue weighted by atomic mass is 32.2. The minimum Gasteiger partial charge on any atom is -0.336 e. The molecular weight excluding hydrogens is 426 g/mol. The van der Waals surface area contributed by atoms with Crippen LogP contribution in [0.15, 0.2) is 29.8 Å². The third-order valence-corrected chi connectivity index (χ3v) is 7.15. The summed E-state index contributed by atoms with van der Waals surface area (Å²) in [5.41, 5.74) is 4.14. The molecule has 166 valence electrons. The van der Waals surface area contributed by atoms with Gasteiger partial charge in [-0.3, -0.25) is 14.2 Å². The van der Waals surface area contributed by atoms with Gasteiger partial charge in [-0.2, -0.15) is 10.2 Å². The predicted octanol–water partition coefficient (Wildman–Crippen LogP) is 2.30. The molecule has 0 spiro atoms. The molecule has 1 amide bonds. The lowest BCUT2D eigenvalue weighted by atomic mass is 10.2. The molecule has 0 bridgehead atoms. The van der Waals surface area contributed by atoms with Gasteiger partial charge in [0.2, 0.25) is 0 Å². The highest BCUT2D eigenvalue weighted by molar-refractivity contribution is 8.00. The van der Waals surface area contributed by atoms with Crippen molar-refractivity contribution in [3.63, 3.8) is 0 Å². The molecule has 5 heterocycles. The SMILES string of the molecule is CCn1ncc(-c2nc3c(S[C@H]4CCN(C(=O)c5ccn(C)n5)C4)ncnc3n2C)c1C. The van der Waals surface area contributed by atoms with Gasteiger partial charge in [0.1, 0.15) is 28.4 Å². The van der Waals surface area contributed by atoms with Gasteiger partial charge in [0, 0.05) is 50.9 Å². The summed E-state index contributed by atoms with van der Waals surface area (Å²) in [5, 5.41) is 9.78. The molecule has 5 rings (SSSR count). The lowest BCUT2D eigenvalue weighted by molar-refractivity contribution is 0.0786. The summed E-state index contributed by atoms with van der Waals surface area (Å²) in [4.78, 5) is 28.5. The zero-order chi connectivity index (χ0) is 22.4. The van der Waals surface area contributed by atoms with E-state index in [9.17, 15) is 4.79 Å². The standard InChI is InChI=1S/C21H25N9OS/c1-5-30-13(2)15(10-24-30)18-25-17-19(28(18)4)22-12-23-20(17)32-14-6-9-29(11-14)21(31)16-7-8-27(3)26-16/h7-8,10,12,14H,5-6,9,11H2,1-4H3/t14-/m0/s1. The summed E-state index contributed by atoms with van der Waals surface area (Å²) in [6.07, 6.45) is 6.14. The Morgan fingerprint density at radius 1 is 1.28 bits per heavy atom. The molecule has 32 heavy (non-hydrogen) atoms. The van der Waals surface area contributed by atoms with Crippen molar-refractivity contribution >= 4 is 28.8 Å². The largest absolute Gasteiger partial charge is 0.336 e. The summed E-state index contributed by atoms with van der Waals surface area (Å²) >= 11 is 1.67. The Labute approximate surface area is 189 Å². The Hall–Kier alpha value is -3.21. The van der Waals surface area contributed by atoms with Crippen LogP contribution in [0.25, 0.3) is 22.6 Å². The number of hydrogen-bond acceptors (Lipinski definition) is 7. The second-order valence-electron chi connectivity index (χ2n) is 7.96. The van der Waals surface area contributed by atoms with Crippen LogP contribution in [0.2, 0.25) is 0 Å². The molecule has 1 aliphatic rings. The number of aromatic nitrogens is 8. The van der Waals surface area contributed by atoms with Gasteiger partial charge in [-0.05, 0) is 26.3 Å². The minimum absolute atomic E-state index is 0.0231. The Bertz CT molecular complexity index is 1300. The summed E-state index contributed by atoms with van der Waals surface area (Å²) < 4.78 is 5.61. The van der Waals surface area contributed by atoms with Crippen molar-refractivity contribution in [1.82, 2.24) is 44.0 Å². The highest BCUT2D eigenvalue weighted by Gasteiger charge is 2.30. The second kappa shape index (κ2) is 8.05. The number of carbonyl (C=O) groups is 1. The van der Waals surface area contributed by atoms with Gasteiger partial charge in [0.15, 0.2) is 5.65 Å². The van der Waals surface area contributed by atoms with E-state index in [1.165, 1.54) is 0 Å². The van der Waals surface area contributed by atoms with Gasteiger partial charge in [0.05, 0.1) is 11.8 Å². The Kier molecular flexibility index (Phi) is 5.20. The Morgan fingerprint density at radius 3 is 2.84 bits per heavy atom. The van der Waals surface area contributed by atoms with Crippen LogP contribution >= 0.6 is 11.8 Å². The van der Waals surface area contributed by atoms with Crippen molar-refractivity contribution < 1.29 is 4.79 Å². The Morgan fingerprint density at radius 2 is 2.12 bits per heavy atom. The van der Waals surface area contributed by atoms with Crippen LogP contribution in [0.1, 0.15) is 29.5 Å². The first-order valence-electron chi connectivity index (χ1n) is 10.6. The molecule has 1 saturated heterocycles. The molecule has 1 fully saturated rings. The van der Waals surface area contributed by atoms with Gasteiger partial charge in [0.25, 0.3) is 5.91 Å². The van der Waals surface area contributed by atoms with E-state index >= 15 is 0 Å². The van der Waals surface area contributed by atoms with Gasteiger partial charge in [-0.15, -0.1) is 0 Å². The van der Waals surface area contributed by atoms with E-state index in [1.807, 2.05) is 34.4 Å². The number of nitrogens with zero attached hydrogens (tertiary/aromatic N) is 9. The summed E-state index contributed by atoms with van der Waals surface area (Å²) in [6, 6.07) is 1.76. The molecule has 1 atom stereocenters. The van der Waals surface area contributed by atoms with Crippen molar-refractivity contribution in [2.45, 2.75) is 37.1 Å². The van der Waals surface area contributed by atoms with Crippen molar-refractivity contribution in [2.75, 3.05) is 13.1 Å². The minimum atomic E-state index is -0.0231. The van der Waals surface area contributed by atoms with E-state index in [1.54, 1.807) is 35.0 Å². The van der Waals surface area contributed by atoms with Crippen LogP contribution in [0.3, 0.4) is 0 Å². The fourth-order valence-corrected chi connectivity index (χ4v) is 5.30. The maximum Gasteiger partial charge on any atom is 0.274 e. The van der Waals surface area contributed by atoms with Gasteiger partial charge < -0.3 is 9.47 Å². The number of hydrogen-bond donors (Lipinski definition) is 0. The van der Waals surface area contributed by atoms with E-state index in [-0.39, 0.29) is 11.2 Å². The van der Waals surface area contributed by atoms with Crippen LogP contribution in [0.5, 0.6) is 0 Å². The smallest absolute Gasteiger partial charge is 0.274 e. The average molecular weight is 452 g/mol. The predicted molar refractivity (Wildman–Crippen MR) is 121 cm³/mol. The number of carbonyl (C=O) groups excluding carboxylic acids is 1. The number of fused-ring (bicyclic) bond motifs is 1. The molecule has 0 aromatic carbocycles. The quantitative estimate of drug-likeness (QED) is 0.429. The second-order valence-corrected chi connectivity index (χ2v) is 9.25. The molecule has 0 radical (unpaired) electrons. The fourth-order valence-electron chi connectivity index (χ4n) is 4.15. The monoisotopic (exact) mass is 451 g/mol. The van der Waals surface area contributed by atoms with Crippen LogP contribution in [0.4, 0.5) is 0 Å². The third kappa shape index (κ3) is 3.46. The number of amides is 1. The Balaban J connectivity index is 1.39. The van der Waals surface area contributed by atoms with Gasteiger partial charge >= 0.3 is 0 Å². The first-order chi connectivity index (χ1) is 15.5. The summed E-state index contributed by atoms with van der Waals surface area (Å²) in [5.74, 6) is 0.808. The first-order valence-corrected chi connectivity index (χ1v) is 11.5. The maximum atomic E-state index is 12.7. The first kappa shape index (κ1) is 20.7. The molecule has 0 saturated carbocycles. The highest BCUT2D eigenvalue weighted by Crippen LogP contribution is 2.34. The van der Waals surface area contributed by atoms with Crippen LogP contribution < -0.4 is 0 Å². The van der Waals surface area contributed by atoms with Crippen molar-refractivity contribution in [3.8, 4) is 11.4 Å². The molecule has 4 aromatic heterocycles. The normalized spacial score (nSPS) is 16.4. The molecule has 1 aliphatic heterocycles. The number of thioether (sulfide) groups is 1. The molecule has 10 nitrogen and oxygen atoms in total. The van der Waals surface area contributed by atoms with E-state index in [0.717, 1.165) is 46.2 Å². The lowest BCUT2D eigenvalue weighted by Crippen LogP contribution is -2.29. The summed E-state index contributed by atoms with van der Waals surface area (Å²) in [6.45, 7) is 6.31. The van der Waals surface area contributed by atoms with Crippen LogP contribution in [-0.4, -0.2) is 68.2 Å². The zero-order valence-corrected chi connectivity index (χ0v) is 19.4. The lowest BCUT2D eigenvalue weighted by Gasteiger charge is -2.14. The van der Waals surface area contributed by atoms with E-state index < -0.39 is 0 Å². The molecule has 4 aromatic rings. The third-order valence-electron chi connectivity index (χ3n) is 5.91. The average Bonchev–Trinajstić information content (AvgIpc) is 3.56.